The van der Waals surface area contributed by atoms with Gasteiger partial charge < -0.3 is 0 Å². The van der Waals surface area contributed by atoms with Crippen molar-refractivity contribution in [1.29, 1.82) is 0 Å². The SMILES string of the molecule is CB(c1c(C)cc(C)cc1C)c1c(C)cc(C)cc1-c1ccc2cc(-c3ccc4c5ccccc5c5c(-c6ccc(N(c7ccccc7)c7ccccc7)nc6)ccc6ccc3c4c65)ccc2c1. The minimum atomic E-state index is 0.264. The van der Waals surface area contributed by atoms with Gasteiger partial charge >= 0.3 is 0 Å². The highest BCUT2D eigenvalue weighted by molar-refractivity contribution is 6.86. The molecular weight excluding hydrogens is 820 g/mol. The number of rotatable bonds is 8. The largest absolute Gasteiger partial charge is 0.295 e. The van der Waals surface area contributed by atoms with Crippen LogP contribution in [0, 0.1) is 34.6 Å². The first kappa shape index (κ1) is 41.4. The number of hydrogen-bond donors (Lipinski definition) is 0. The van der Waals surface area contributed by atoms with E-state index in [0.29, 0.717) is 0 Å². The van der Waals surface area contributed by atoms with Crippen molar-refractivity contribution in [3.05, 3.63) is 228 Å². The number of benzene rings is 11. The molecule has 0 bridgehead atoms. The molecule has 1 heterocycles. The molecule has 0 aliphatic carbocycles. The molecule has 68 heavy (non-hydrogen) atoms. The first-order valence-electron chi connectivity index (χ1n) is 23.9. The fourth-order valence-electron chi connectivity index (χ4n) is 11.8. The summed E-state index contributed by atoms with van der Waals surface area (Å²) in [6, 6.07) is 71.8. The molecule has 0 radical (unpaired) electrons. The lowest BCUT2D eigenvalue weighted by Crippen LogP contribution is -2.44. The van der Waals surface area contributed by atoms with E-state index in [4.69, 9.17) is 4.98 Å². The Morgan fingerprint density at radius 2 is 0.882 bits per heavy atom. The molecule has 12 aromatic rings. The Morgan fingerprint density at radius 1 is 0.368 bits per heavy atom. The fraction of sp³-hybridized carbons (Fsp3) is 0.0923. The Kier molecular flexibility index (Phi) is 9.99. The lowest BCUT2D eigenvalue weighted by atomic mass is 9.39. The first-order chi connectivity index (χ1) is 33.2. The maximum atomic E-state index is 5.17. The van der Waals surface area contributed by atoms with Crippen LogP contribution in [0.25, 0.3) is 87.2 Å². The van der Waals surface area contributed by atoms with E-state index >= 15 is 0 Å². The van der Waals surface area contributed by atoms with Gasteiger partial charge in [0.2, 0.25) is 6.71 Å². The molecule has 0 aliphatic heterocycles. The number of hydrogen-bond acceptors (Lipinski definition) is 2. The van der Waals surface area contributed by atoms with E-state index in [0.717, 1.165) is 22.8 Å². The zero-order chi connectivity index (χ0) is 46.2. The van der Waals surface area contributed by atoms with Gasteiger partial charge in [0, 0.05) is 23.1 Å². The molecule has 1 aromatic heterocycles. The summed E-state index contributed by atoms with van der Waals surface area (Å²) in [5.74, 6) is 0.873. The third-order valence-electron chi connectivity index (χ3n) is 14.6. The van der Waals surface area contributed by atoms with Gasteiger partial charge in [-0.15, -0.1) is 0 Å². The summed E-state index contributed by atoms with van der Waals surface area (Å²) < 4.78 is 0. The van der Waals surface area contributed by atoms with Crippen LogP contribution in [0.2, 0.25) is 6.82 Å². The van der Waals surface area contributed by atoms with Crippen molar-refractivity contribution in [3.63, 3.8) is 0 Å². The molecule has 0 spiro atoms. The summed E-state index contributed by atoms with van der Waals surface area (Å²) in [7, 11) is 0. The van der Waals surface area contributed by atoms with Gasteiger partial charge in [-0.2, -0.15) is 0 Å². The van der Waals surface area contributed by atoms with Gasteiger partial charge in [-0.3, -0.25) is 4.90 Å². The van der Waals surface area contributed by atoms with Crippen LogP contribution in [0.3, 0.4) is 0 Å². The minimum Gasteiger partial charge on any atom is -0.295 e. The highest BCUT2D eigenvalue weighted by atomic mass is 15.2. The fourth-order valence-corrected chi connectivity index (χ4v) is 11.8. The van der Waals surface area contributed by atoms with Crippen LogP contribution in [0.4, 0.5) is 17.2 Å². The van der Waals surface area contributed by atoms with Gasteiger partial charge in [0.05, 0.1) is 0 Å². The minimum absolute atomic E-state index is 0.264. The second kappa shape index (κ2) is 16.4. The second-order valence-electron chi connectivity index (χ2n) is 19.0. The van der Waals surface area contributed by atoms with Crippen molar-refractivity contribution in [3.8, 4) is 33.4 Å². The highest BCUT2D eigenvalue weighted by Gasteiger charge is 2.25. The van der Waals surface area contributed by atoms with E-state index < -0.39 is 0 Å². The summed E-state index contributed by atoms with van der Waals surface area (Å²) in [6.45, 7) is 13.9. The highest BCUT2D eigenvalue weighted by Crippen LogP contribution is 2.47. The first-order valence-corrected chi connectivity index (χ1v) is 23.9. The maximum Gasteiger partial charge on any atom is 0.208 e. The predicted molar refractivity (Wildman–Crippen MR) is 295 cm³/mol. The van der Waals surface area contributed by atoms with Crippen molar-refractivity contribution in [2.45, 2.75) is 41.4 Å². The van der Waals surface area contributed by atoms with E-state index in [1.165, 1.54) is 120 Å². The molecule has 12 rings (SSSR count). The standard InChI is InChI=1S/C65H51BN2/c1-40-33-42(3)64(43(4)34-40)66(6)65-44(5)35-41(2)36-59(65)49-24-22-46-37-48(23-21-47(46)38-49)53-30-31-58-55-19-13-14-20-56(55)62-54(28-25-45-26-29-57(53)63(58)61(45)62)50-27-32-60(67-39-50)68(51-15-9-7-10-16-51)52-17-11-8-12-18-52/h7-39H,1-6H3. The number of para-hydroxylation sites is 2. The third-order valence-corrected chi connectivity index (χ3v) is 14.6. The zero-order valence-electron chi connectivity index (χ0n) is 39.5. The van der Waals surface area contributed by atoms with Crippen LogP contribution < -0.4 is 15.8 Å². The molecule has 0 amide bonds. The van der Waals surface area contributed by atoms with Crippen molar-refractivity contribution < 1.29 is 0 Å². The normalized spacial score (nSPS) is 11.7. The molecular formula is C65H51BN2. The quantitative estimate of drug-likeness (QED) is 0.0859. The van der Waals surface area contributed by atoms with Gasteiger partial charge in [-0.05, 0) is 165 Å². The number of fused-ring (bicyclic) bond motifs is 4. The van der Waals surface area contributed by atoms with Gasteiger partial charge in [0.1, 0.15) is 5.82 Å². The summed E-state index contributed by atoms with van der Waals surface area (Å²) in [5.41, 5.74) is 19.0. The molecule has 11 aromatic carbocycles. The summed E-state index contributed by atoms with van der Waals surface area (Å²) in [6.07, 6.45) is 2.05. The lowest BCUT2D eigenvalue weighted by molar-refractivity contribution is 1.18. The molecule has 0 saturated heterocycles. The van der Waals surface area contributed by atoms with Gasteiger partial charge in [0.15, 0.2) is 0 Å². The van der Waals surface area contributed by atoms with Crippen LogP contribution in [0.15, 0.2) is 200 Å². The monoisotopic (exact) mass is 870 g/mol. The molecule has 0 unspecified atom stereocenters. The smallest absolute Gasteiger partial charge is 0.208 e. The number of pyridine rings is 1. The lowest BCUT2D eigenvalue weighted by Gasteiger charge is -2.24. The Hall–Kier alpha value is -8.01. The van der Waals surface area contributed by atoms with Gasteiger partial charge in [-0.1, -0.05) is 191 Å². The third kappa shape index (κ3) is 6.84. The molecule has 2 nitrogen and oxygen atoms in total. The van der Waals surface area contributed by atoms with Crippen molar-refractivity contribution in [1.82, 2.24) is 4.98 Å². The van der Waals surface area contributed by atoms with Gasteiger partial charge in [-0.25, -0.2) is 4.98 Å². The average Bonchev–Trinajstić information content (AvgIpc) is 3.35. The molecule has 0 aliphatic rings. The summed E-state index contributed by atoms with van der Waals surface area (Å²) >= 11 is 0. The zero-order valence-corrected chi connectivity index (χ0v) is 39.5. The van der Waals surface area contributed by atoms with Crippen molar-refractivity contribution in [2.24, 2.45) is 0 Å². The van der Waals surface area contributed by atoms with Crippen LogP contribution in [0.5, 0.6) is 0 Å². The topological polar surface area (TPSA) is 16.1 Å². The average molecular weight is 871 g/mol. The maximum absolute atomic E-state index is 5.17. The van der Waals surface area contributed by atoms with Crippen LogP contribution in [-0.2, 0) is 0 Å². The second-order valence-corrected chi connectivity index (χ2v) is 19.0. The van der Waals surface area contributed by atoms with Crippen LogP contribution in [0.1, 0.15) is 27.8 Å². The molecule has 0 atom stereocenters. The predicted octanol–water partition coefficient (Wildman–Crippen LogP) is 16.5. The molecule has 324 valence electrons. The van der Waals surface area contributed by atoms with Crippen molar-refractivity contribution >= 4 is 88.7 Å². The molecule has 0 N–H and O–H groups in total. The van der Waals surface area contributed by atoms with E-state index in [-0.39, 0.29) is 6.71 Å². The molecule has 3 heteroatoms. The van der Waals surface area contributed by atoms with E-state index in [1.807, 2.05) is 0 Å². The van der Waals surface area contributed by atoms with E-state index in [9.17, 15) is 0 Å². The van der Waals surface area contributed by atoms with Crippen LogP contribution >= 0.6 is 0 Å². The van der Waals surface area contributed by atoms with Crippen LogP contribution in [-0.4, -0.2) is 11.7 Å². The summed E-state index contributed by atoms with van der Waals surface area (Å²) in [4.78, 5) is 7.38. The van der Waals surface area contributed by atoms with Crippen molar-refractivity contribution in [2.75, 3.05) is 4.90 Å². The Labute approximate surface area is 399 Å². The Bertz CT molecular complexity index is 3850. The van der Waals surface area contributed by atoms with E-state index in [2.05, 4.69) is 247 Å². The number of aromatic nitrogens is 1. The summed E-state index contributed by atoms with van der Waals surface area (Å²) in [5, 5.41) is 12.7. The Morgan fingerprint density at radius 3 is 1.53 bits per heavy atom. The molecule has 0 saturated carbocycles. The van der Waals surface area contributed by atoms with E-state index in [1.54, 1.807) is 0 Å². The molecule has 0 fully saturated rings. The number of anilines is 3. The number of nitrogens with zero attached hydrogens (tertiary/aromatic N) is 2. The Balaban J connectivity index is 0.971. The number of aryl methyl sites for hydroxylation is 5. The van der Waals surface area contributed by atoms with Gasteiger partial charge in [0.25, 0.3) is 0 Å².